The highest BCUT2D eigenvalue weighted by Gasteiger charge is 2.33. The van der Waals surface area contributed by atoms with Gasteiger partial charge in [0.05, 0.1) is 17.1 Å². The Morgan fingerprint density at radius 3 is 2.42 bits per heavy atom. The fraction of sp³-hybridized carbons (Fsp3) is 0.391. The van der Waals surface area contributed by atoms with E-state index in [1.807, 2.05) is 34.1 Å². The molecule has 10 heteroatoms. The number of likely N-dealkylation sites (tertiary alicyclic amines) is 1. The molecule has 1 atom stereocenters. The zero-order chi connectivity index (χ0) is 23.4. The van der Waals surface area contributed by atoms with Crippen LogP contribution in [0.2, 0.25) is 0 Å². The third-order valence-electron chi connectivity index (χ3n) is 5.88. The number of hydrogen-bond acceptors (Lipinski definition) is 6. The van der Waals surface area contributed by atoms with E-state index < -0.39 is 16.1 Å². The van der Waals surface area contributed by atoms with Crippen molar-refractivity contribution < 1.29 is 22.7 Å². The largest absolute Gasteiger partial charge is 0.477 e. The predicted octanol–water partition coefficient (Wildman–Crippen LogP) is 1.94. The van der Waals surface area contributed by atoms with E-state index in [2.05, 4.69) is 5.32 Å². The molecule has 2 amide bonds. The van der Waals surface area contributed by atoms with Crippen molar-refractivity contribution in [2.75, 3.05) is 36.4 Å². The SMILES string of the molecule is NS(=O)(=O)c1ccc(NC(=O)CCN2CC(C(=O)N3CCCCC3)Oc3ccccc32)cc1. The van der Waals surface area contributed by atoms with Crippen LogP contribution in [-0.4, -0.2) is 57.4 Å². The van der Waals surface area contributed by atoms with Crippen molar-refractivity contribution in [1.29, 1.82) is 0 Å². The fourth-order valence-corrected chi connectivity index (χ4v) is 4.67. The molecule has 3 N–H and O–H groups in total. The summed E-state index contributed by atoms with van der Waals surface area (Å²) < 4.78 is 28.8. The molecule has 0 saturated carbocycles. The summed E-state index contributed by atoms with van der Waals surface area (Å²) in [7, 11) is -3.78. The number of para-hydroxylation sites is 2. The highest BCUT2D eigenvalue weighted by atomic mass is 32.2. The maximum Gasteiger partial charge on any atom is 0.265 e. The van der Waals surface area contributed by atoms with E-state index in [9.17, 15) is 18.0 Å². The molecule has 2 aromatic carbocycles. The Balaban J connectivity index is 1.39. The molecule has 4 rings (SSSR count). The molecule has 1 fully saturated rings. The standard InChI is InChI=1S/C23H28N4O5S/c24-33(30,31)18-10-8-17(9-11-18)25-22(28)12-15-27-16-21(23(29)26-13-4-1-5-14-26)32-20-7-3-2-6-19(20)27/h2-3,6-11,21H,1,4-5,12-16H2,(H,25,28)(H2,24,30,31). The van der Waals surface area contributed by atoms with Gasteiger partial charge in [0.1, 0.15) is 5.75 Å². The van der Waals surface area contributed by atoms with Gasteiger partial charge in [-0.2, -0.15) is 0 Å². The van der Waals surface area contributed by atoms with E-state index in [0.29, 0.717) is 24.5 Å². The van der Waals surface area contributed by atoms with Crippen molar-refractivity contribution in [3.8, 4) is 5.75 Å². The van der Waals surface area contributed by atoms with Crippen LogP contribution >= 0.6 is 0 Å². The molecule has 0 aliphatic carbocycles. The van der Waals surface area contributed by atoms with Gasteiger partial charge in [0.15, 0.2) is 6.10 Å². The zero-order valence-electron chi connectivity index (χ0n) is 18.3. The lowest BCUT2D eigenvalue weighted by molar-refractivity contribution is -0.139. The molecule has 2 aromatic rings. The summed E-state index contributed by atoms with van der Waals surface area (Å²) in [6.07, 6.45) is 2.75. The van der Waals surface area contributed by atoms with Gasteiger partial charge in [0.25, 0.3) is 5.91 Å². The first kappa shape index (κ1) is 23.1. The van der Waals surface area contributed by atoms with Crippen molar-refractivity contribution >= 4 is 33.2 Å². The number of fused-ring (bicyclic) bond motifs is 1. The minimum absolute atomic E-state index is 0.00593. The van der Waals surface area contributed by atoms with Crippen LogP contribution in [0.25, 0.3) is 0 Å². The van der Waals surface area contributed by atoms with Crippen molar-refractivity contribution in [2.45, 2.75) is 36.7 Å². The third-order valence-corrected chi connectivity index (χ3v) is 6.81. The number of carbonyl (C=O) groups is 2. The first-order chi connectivity index (χ1) is 15.8. The van der Waals surface area contributed by atoms with Crippen LogP contribution in [0.4, 0.5) is 11.4 Å². The van der Waals surface area contributed by atoms with Gasteiger partial charge in [0.2, 0.25) is 15.9 Å². The molecule has 2 heterocycles. The minimum Gasteiger partial charge on any atom is -0.477 e. The van der Waals surface area contributed by atoms with Crippen molar-refractivity contribution in [3.63, 3.8) is 0 Å². The number of rotatable bonds is 6. The average molecular weight is 473 g/mol. The number of carbonyl (C=O) groups excluding carboxylic acids is 2. The quantitative estimate of drug-likeness (QED) is 0.663. The Kier molecular flexibility index (Phi) is 6.85. The van der Waals surface area contributed by atoms with Gasteiger partial charge in [0, 0.05) is 31.7 Å². The molecule has 2 aliphatic rings. The Hall–Kier alpha value is -3.11. The normalized spacial score (nSPS) is 18.3. The topological polar surface area (TPSA) is 122 Å². The summed E-state index contributed by atoms with van der Waals surface area (Å²) in [6.45, 7) is 2.30. The predicted molar refractivity (Wildman–Crippen MR) is 125 cm³/mol. The van der Waals surface area contributed by atoms with Gasteiger partial charge in [-0.1, -0.05) is 12.1 Å². The van der Waals surface area contributed by atoms with E-state index >= 15 is 0 Å². The Morgan fingerprint density at radius 1 is 1.03 bits per heavy atom. The summed E-state index contributed by atoms with van der Waals surface area (Å²) >= 11 is 0. The molecule has 33 heavy (non-hydrogen) atoms. The molecule has 2 aliphatic heterocycles. The van der Waals surface area contributed by atoms with E-state index in [1.165, 1.54) is 24.3 Å². The number of primary sulfonamides is 1. The summed E-state index contributed by atoms with van der Waals surface area (Å²) in [4.78, 5) is 29.4. The van der Waals surface area contributed by atoms with Crippen LogP contribution in [-0.2, 0) is 19.6 Å². The van der Waals surface area contributed by atoms with E-state index in [1.54, 1.807) is 0 Å². The van der Waals surface area contributed by atoms with Gasteiger partial charge in [-0.25, -0.2) is 13.6 Å². The number of hydrogen-bond donors (Lipinski definition) is 2. The van der Waals surface area contributed by atoms with Crippen LogP contribution in [0.1, 0.15) is 25.7 Å². The Bertz CT molecular complexity index is 1110. The third kappa shape index (κ3) is 5.63. The molecule has 1 unspecified atom stereocenters. The smallest absolute Gasteiger partial charge is 0.265 e. The Labute approximate surface area is 193 Å². The van der Waals surface area contributed by atoms with Gasteiger partial charge < -0.3 is 19.9 Å². The highest BCUT2D eigenvalue weighted by molar-refractivity contribution is 7.89. The molecule has 1 saturated heterocycles. The van der Waals surface area contributed by atoms with Crippen LogP contribution in [0.15, 0.2) is 53.4 Å². The van der Waals surface area contributed by atoms with Crippen molar-refractivity contribution in [1.82, 2.24) is 4.90 Å². The van der Waals surface area contributed by atoms with Crippen LogP contribution in [0.5, 0.6) is 5.75 Å². The molecular weight excluding hydrogens is 444 g/mol. The molecule has 0 bridgehead atoms. The second kappa shape index (κ2) is 9.80. The lowest BCUT2D eigenvalue weighted by Crippen LogP contribution is -2.51. The monoisotopic (exact) mass is 472 g/mol. The summed E-state index contributed by atoms with van der Waals surface area (Å²) in [5.41, 5.74) is 1.33. The van der Waals surface area contributed by atoms with Gasteiger partial charge >= 0.3 is 0 Å². The number of ether oxygens (including phenoxy) is 1. The Morgan fingerprint density at radius 2 is 1.73 bits per heavy atom. The second-order valence-electron chi connectivity index (χ2n) is 8.27. The van der Waals surface area contributed by atoms with Crippen LogP contribution < -0.4 is 20.1 Å². The zero-order valence-corrected chi connectivity index (χ0v) is 19.1. The number of nitrogens with one attached hydrogen (secondary N) is 1. The summed E-state index contributed by atoms with van der Waals surface area (Å²) in [5.74, 6) is 0.410. The number of piperidine rings is 1. The maximum atomic E-state index is 13.0. The number of nitrogens with two attached hydrogens (primary N) is 1. The average Bonchev–Trinajstić information content (AvgIpc) is 2.82. The number of anilines is 2. The molecule has 0 radical (unpaired) electrons. The van der Waals surface area contributed by atoms with Crippen molar-refractivity contribution in [2.24, 2.45) is 5.14 Å². The molecule has 176 valence electrons. The van der Waals surface area contributed by atoms with Crippen LogP contribution in [0, 0.1) is 0 Å². The molecule has 0 aromatic heterocycles. The highest BCUT2D eigenvalue weighted by Crippen LogP contribution is 2.33. The number of nitrogens with zero attached hydrogens (tertiary/aromatic N) is 2. The minimum atomic E-state index is -3.78. The number of amides is 2. The number of benzene rings is 2. The molecular formula is C23H28N4O5S. The molecule has 0 spiro atoms. The van der Waals surface area contributed by atoms with Gasteiger partial charge in [-0.15, -0.1) is 0 Å². The van der Waals surface area contributed by atoms with Crippen molar-refractivity contribution in [3.05, 3.63) is 48.5 Å². The molecule has 9 nitrogen and oxygen atoms in total. The lowest BCUT2D eigenvalue weighted by atomic mass is 10.1. The number of sulfonamides is 1. The van der Waals surface area contributed by atoms with Gasteiger partial charge in [-0.05, 0) is 55.7 Å². The first-order valence-corrected chi connectivity index (χ1v) is 12.6. The van der Waals surface area contributed by atoms with Gasteiger partial charge in [-0.3, -0.25) is 9.59 Å². The summed E-state index contributed by atoms with van der Waals surface area (Å²) in [5, 5.41) is 7.86. The summed E-state index contributed by atoms with van der Waals surface area (Å²) in [6, 6.07) is 13.2. The first-order valence-electron chi connectivity index (χ1n) is 11.0. The maximum absolute atomic E-state index is 13.0. The van der Waals surface area contributed by atoms with E-state index in [4.69, 9.17) is 9.88 Å². The van der Waals surface area contributed by atoms with Crippen LogP contribution in [0.3, 0.4) is 0 Å². The lowest BCUT2D eigenvalue weighted by Gasteiger charge is -2.38. The fourth-order valence-electron chi connectivity index (χ4n) is 4.15. The van der Waals surface area contributed by atoms with E-state index in [-0.39, 0.29) is 23.1 Å². The second-order valence-corrected chi connectivity index (χ2v) is 9.84. The van der Waals surface area contributed by atoms with E-state index in [0.717, 1.165) is 38.0 Å².